The number of amides is 1. The van der Waals surface area contributed by atoms with Crippen molar-refractivity contribution in [3.8, 4) is 0 Å². The number of carbonyl (C=O) groups excluding carboxylic acids is 1. The van der Waals surface area contributed by atoms with E-state index in [1.807, 2.05) is 30.3 Å². The summed E-state index contributed by atoms with van der Waals surface area (Å²) in [6.07, 6.45) is 4.83. The molecule has 0 bridgehead atoms. The maximum atomic E-state index is 12.2. The van der Waals surface area contributed by atoms with Gasteiger partial charge in [0.15, 0.2) is 0 Å². The van der Waals surface area contributed by atoms with Crippen LogP contribution >= 0.6 is 15.9 Å². The van der Waals surface area contributed by atoms with Crippen molar-refractivity contribution in [2.75, 3.05) is 0 Å². The van der Waals surface area contributed by atoms with Crippen molar-refractivity contribution in [3.63, 3.8) is 0 Å². The van der Waals surface area contributed by atoms with Crippen molar-refractivity contribution in [1.29, 1.82) is 0 Å². The Labute approximate surface area is 149 Å². The number of para-hydroxylation sites is 1. The number of halogens is 1. The lowest BCUT2D eigenvalue weighted by Crippen LogP contribution is -2.18. The van der Waals surface area contributed by atoms with E-state index in [2.05, 4.69) is 56.3 Å². The van der Waals surface area contributed by atoms with E-state index in [9.17, 15) is 4.79 Å². The van der Waals surface area contributed by atoms with Crippen LogP contribution in [-0.4, -0.2) is 16.7 Å². The van der Waals surface area contributed by atoms with Gasteiger partial charge in [0, 0.05) is 33.7 Å². The van der Waals surface area contributed by atoms with E-state index in [0.717, 1.165) is 28.4 Å². The normalized spacial score (nSPS) is 11.2. The number of nitrogens with one attached hydrogen (secondary N) is 1. The number of aryl methyl sites for hydroxylation is 1. The molecular formula is C19H18BrN3O. The van der Waals surface area contributed by atoms with Crippen LogP contribution in [-0.2, 0) is 6.54 Å². The van der Waals surface area contributed by atoms with Crippen LogP contribution < -0.4 is 5.43 Å². The summed E-state index contributed by atoms with van der Waals surface area (Å²) >= 11 is 3.37. The molecule has 1 heterocycles. The van der Waals surface area contributed by atoms with Gasteiger partial charge in [-0.15, -0.1) is 0 Å². The van der Waals surface area contributed by atoms with Gasteiger partial charge in [0.05, 0.1) is 11.8 Å². The molecule has 1 N–H and O–H groups in total. The largest absolute Gasteiger partial charge is 0.347 e. The molecule has 1 amide bonds. The Hall–Kier alpha value is -2.40. The molecular weight excluding hydrogens is 366 g/mol. The molecule has 2 aromatic carbocycles. The number of rotatable bonds is 5. The van der Waals surface area contributed by atoms with E-state index < -0.39 is 0 Å². The average molecular weight is 384 g/mol. The zero-order chi connectivity index (χ0) is 16.9. The summed E-state index contributed by atoms with van der Waals surface area (Å²) in [4.78, 5) is 12.2. The number of hydrogen-bond donors (Lipinski definition) is 1. The van der Waals surface area contributed by atoms with Gasteiger partial charge in [-0.2, -0.15) is 5.10 Å². The van der Waals surface area contributed by atoms with E-state index in [4.69, 9.17) is 0 Å². The molecule has 3 aromatic rings. The molecule has 4 nitrogen and oxygen atoms in total. The van der Waals surface area contributed by atoms with Crippen LogP contribution in [0.1, 0.15) is 29.3 Å². The van der Waals surface area contributed by atoms with Crippen molar-refractivity contribution in [2.24, 2.45) is 5.10 Å². The number of hydrogen-bond acceptors (Lipinski definition) is 2. The fraction of sp³-hybridized carbons (Fsp3) is 0.158. The highest BCUT2D eigenvalue weighted by atomic mass is 79.9. The minimum Gasteiger partial charge on any atom is -0.347 e. The predicted molar refractivity (Wildman–Crippen MR) is 101 cm³/mol. The van der Waals surface area contributed by atoms with E-state index >= 15 is 0 Å². The summed E-state index contributed by atoms with van der Waals surface area (Å²) in [5, 5.41) is 5.25. The summed E-state index contributed by atoms with van der Waals surface area (Å²) in [6, 6.07) is 15.5. The van der Waals surface area contributed by atoms with E-state index in [1.54, 1.807) is 12.3 Å². The van der Waals surface area contributed by atoms with Crippen molar-refractivity contribution >= 4 is 39.0 Å². The van der Waals surface area contributed by atoms with Crippen molar-refractivity contribution in [1.82, 2.24) is 9.99 Å². The van der Waals surface area contributed by atoms with E-state index in [0.29, 0.717) is 5.56 Å². The molecule has 0 spiro atoms. The third kappa shape index (κ3) is 3.41. The maximum absolute atomic E-state index is 12.2. The van der Waals surface area contributed by atoms with Gasteiger partial charge in [0.25, 0.3) is 5.91 Å². The summed E-state index contributed by atoms with van der Waals surface area (Å²) in [5.41, 5.74) is 5.31. The molecule has 24 heavy (non-hydrogen) atoms. The molecule has 5 heteroatoms. The molecule has 0 radical (unpaired) electrons. The van der Waals surface area contributed by atoms with Crippen LogP contribution in [0.3, 0.4) is 0 Å². The zero-order valence-corrected chi connectivity index (χ0v) is 15.0. The third-order valence-electron chi connectivity index (χ3n) is 3.77. The van der Waals surface area contributed by atoms with Crippen molar-refractivity contribution < 1.29 is 4.79 Å². The second kappa shape index (κ2) is 7.45. The number of hydrazone groups is 1. The monoisotopic (exact) mass is 383 g/mol. The first-order valence-electron chi connectivity index (χ1n) is 7.86. The van der Waals surface area contributed by atoms with Gasteiger partial charge in [-0.25, -0.2) is 5.43 Å². The average Bonchev–Trinajstić information content (AvgIpc) is 2.94. The minimum atomic E-state index is -0.240. The second-order valence-electron chi connectivity index (χ2n) is 5.47. The maximum Gasteiger partial charge on any atom is 0.272 e. The first-order valence-corrected chi connectivity index (χ1v) is 8.66. The van der Waals surface area contributed by atoms with E-state index in [1.165, 1.54) is 5.52 Å². The van der Waals surface area contributed by atoms with Gasteiger partial charge < -0.3 is 4.57 Å². The quantitative estimate of drug-likeness (QED) is 0.508. The SMILES string of the molecule is CCCn1cc(/C=N/NC(=O)c2ccccc2Br)c2ccccc21. The third-order valence-corrected chi connectivity index (χ3v) is 4.46. The van der Waals surface area contributed by atoms with Gasteiger partial charge in [0.1, 0.15) is 0 Å². The van der Waals surface area contributed by atoms with Gasteiger partial charge in [-0.3, -0.25) is 4.79 Å². The van der Waals surface area contributed by atoms with Crippen molar-refractivity contribution in [3.05, 3.63) is 70.3 Å². The highest BCUT2D eigenvalue weighted by Gasteiger charge is 2.08. The Morgan fingerprint density at radius 2 is 1.96 bits per heavy atom. The fourth-order valence-electron chi connectivity index (χ4n) is 2.67. The Bertz CT molecular complexity index is 899. The lowest BCUT2D eigenvalue weighted by molar-refractivity contribution is 0.0954. The molecule has 3 rings (SSSR count). The molecule has 0 atom stereocenters. The predicted octanol–water partition coefficient (Wildman–Crippen LogP) is 4.58. The van der Waals surface area contributed by atoms with Gasteiger partial charge in [0.2, 0.25) is 0 Å². The zero-order valence-electron chi connectivity index (χ0n) is 13.4. The lowest BCUT2D eigenvalue weighted by Gasteiger charge is -2.01. The van der Waals surface area contributed by atoms with Crippen molar-refractivity contribution in [2.45, 2.75) is 19.9 Å². The van der Waals surface area contributed by atoms with Crippen LogP contribution in [0, 0.1) is 0 Å². The Kier molecular flexibility index (Phi) is 5.11. The fourth-order valence-corrected chi connectivity index (χ4v) is 3.13. The van der Waals surface area contributed by atoms with Gasteiger partial charge in [-0.1, -0.05) is 37.3 Å². The molecule has 0 aliphatic carbocycles. The minimum absolute atomic E-state index is 0.240. The smallest absolute Gasteiger partial charge is 0.272 e. The standard InChI is InChI=1S/C19H18BrN3O/c1-2-11-23-13-14(15-7-4-6-10-18(15)23)12-21-22-19(24)16-8-3-5-9-17(16)20/h3-10,12-13H,2,11H2,1H3,(H,22,24)/b21-12+. The first-order chi connectivity index (χ1) is 11.7. The summed E-state index contributed by atoms with van der Waals surface area (Å²) < 4.78 is 2.96. The number of aromatic nitrogens is 1. The van der Waals surface area contributed by atoms with Crippen LogP contribution in [0.4, 0.5) is 0 Å². The first kappa shape index (κ1) is 16.5. The molecule has 0 fully saturated rings. The Balaban J connectivity index is 1.81. The highest BCUT2D eigenvalue weighted by Crippen LogP contribution is 2.20. The van der Waals surface area contributed by atoms with Crippen LogP contribution in [0.5, 0.6) is 0 Å². The summed E-state index contributed by atoms with van der Waals surface area (Å²) in [6.45, 7) is 3.11. The number of nitrogens with zero attached hydrogens (tertiary/aromatic N) is 2. The summed E-state index contributed by atoms with van der Waals surface area (Å²) in [5.74, 6) is -0.240. The molecule has 0 aliphatic heterocycles. The highest BCUT2D eigenvalue weighted by molar-refractivity contribution is 9.10. The molecule has 0 unspecified atom stereocenters. The molecule has 0 saturated heterocycles. The Morgan fingerprint density at radius 3 is 2.75 bits per heavy atom. The second-order valence-corrected chi connectivity index (χ2v) is 6.33. The number of fused-ring (bicyclic) bond motifs is 1. The summed E-state index contributed by atoms with van der Waals surface area (Å²) in [7, 11) is 0. The molecule has 0 aliphatic rings. The van der Waals surface area contributed by atoms with Crippen LogP contribution in [0.15, 0.2) is 64.3 Å². The lowest BCUT2D eigenvalue weighted by atomic mass is 10.2. The van der Waals surface area contributed by atoms with Crippen LogP contribution in [0.2, 0.25) is 0 Å². The number of benzene rings is 2. The van der Waals surface area contributed by atoms with Gasteiger partial charge in [-0.05, 0) is 40.5 Å². The molecule has 122 valence electrons. The molecule has 0 saturated carbocycles. The van der Waals surface area contributed by atoms with Crippen LogP contribution in [0.25, 0.3) is 10.9 Å². The number of carbonyl (C=O) groups is 1. The molecule has 1 aromatic heterocycles. The topological polar surface area (TPSA) is 46.4 Å². The van der Waals surface area contributed by atoms with E-state index in [-0.39, 0.29) is 5.91 Å². The Morgan fingerprint density at radius 1 is 1.21 bits per heavy atom. The van der Waals surface area contributed by atoms with Gasteiger partial charge >= 0.3 is 0 Å².